The summed E-state index contributed by atoms with van der Waals surface area (Å²) in [6, 6.07) is 25.6. The minimum absolute atomic E-state index is 0.237. The molecule has 2 aromatic heterocycles. The number of rotatable bonds is 5. The molecule has 0 amide bonds. The van der Waals surface area contributed by atoms with Gasteiger partial charge in [-0.3, -0.25) is 4.72 Å². The average Bonchev–Trinajstić information content (AvgIpc) is 3.60. The Labute approximate surface area is 199 Å². The fourth-order valence-electron chi connectivity index (χ4n) is 4.63. The molecule has 0 saturated heterocycles. The van der Waals surface area contributed by atoms with Crippen LogP contribution >= 0.6 is 0 Å². The third-order valence-electron chi connectivity index (χ3n) is 6.52. The van der Waals surface area contributed by atoms with E-state index in [0.29, 0.717) is 11.7 Å². The van der Waals surface area contributed by atoms with E-state index in [0.717, 1.165) is 57.1 Å². The van der Waals surface area contributed by atoms with Gasteiger partial charge in [0, 0.05) is 16.5 Å². The van der Waals surface area contributed by atoms with Crippen molar-refractivity contribution in [3.8, 4) is 11.3 Å². The summed E-state index contributed by atoms with van der Waals surface area (Å²) in [5.41, 5.74) is 6.13. The first-order valence-electron chi connectivity index (χ1n) is 11.5. The first kappa shape index (κ1) is 20.9. The third kappa shape index (κ3) is 3.55. The number of nitrogens with one attached hydrogen (secondary N) is 1. The molecule has 0 unspecified atom stereocenters. The Bertz CT molecular complexity index is 1650. The van der Waals surface area contributed by atoms with Gasteiger partial charge < -0.3 is 0 Å². The van der Waals surface area contributed by atoms with Gasteiger partial charge in [-0.25, -0.2) is 12.9 Å². The van der Waals surface area contributed by atoms with Gasteiger partial charge in [-0.15, -0.1) is 5.10 Å². The van der Waals surface area contributed by atoms with Crippen LogP contribution in [0.3, 0.4) is 0 Å². The normalized spacial score (nSPS) is 14.1. The predicted octanol–water partition coefficient (Wildman–Crippen LogP) is 6.45. The van der Waals surface area contributed by atoms with Crippen LogP contribution in [0.4, 0.5) is 5.82 Å². The monoisotopic (exact) mass is 467 g/mol. The van der Waals surface area contributed by atoms with Crippen LogP contribution in [0.15, 0.2) is 83.8 Å². The van der Waals surface area contributed by atoms with E-state index < -0.39 is 10.0 Å². The summed E-state index contributed by atoms with van der Waals surface area (Å²) in [6.45, 7) is 4.02. The van der Waals surface area contributed by atoms with Crippen molar-refractivity contribution in [1.29, 1.82) is 0 Å². The molecule has 0 atom stereocenters. The molecule has 3 aromatic carbocycles. The summed E-state index contributed by atoms with van der Waals surface area (Å²) in [5.74, 6) is 0.720. The van der Waals surface area contributed by atoms with Gasteiger partial charge in [0.05, 0.1) is 16.1 Å². The first-order chi connectivity index (χ1) is 16.4. The van der Waals surface area contributed by atoms with Crippen molar-refractivity contribution < 1.29 is 8.42 Å². The molecule has 2 heterocycles. The van der Waals surface area contributed by atoms with E-state index in [2.05, 4.69) is 48.0 Å². The quantitative estimate of drug-likeness (QED) is 0.323. The van der Waals surface area contributed by atoms with Crippen LogP contribution in [-0.4, -0.2) is 18.0 Å². The maximum Gasteiger partial charge on any atom is 0.263 e. The van der Waals surface area contributed by atoms with Crippen molar-refractivity contribution >= 4 is 32.1 Å². The number of fused-ring (bicyclic) bond motifs is 3. The molecule has 6 heteroatoms. The maximum atomic E-state index is 13.3. The van der Waals surface area contributed by atoms with E-state index in [-0.39, 0.29) is 4.90 Å². The standard InChI is InChI=1S/C28H25N3O2S/c1-18-9-14-23(15-10-18)34(32,33)30-28-26(21-12-13-21)27-24-16-19(2)8-11-22(24)17-25(31(27)29-28)20-6-4-3-5-7-20/h3-11,14-17,21H,12-13H2,1-2H3,(H,29,30). The third-order valence-corrected chi connectivity index (χ3v) is 7.88. The lowest BCUT2D eigenvalue weighted by molar-refractivity contribution is 0.601. The summed E-state index contributed by atoms with van der Waals surface area (Å²) in [4.78, 5) is 0.237. The molecule has 0 spiro atoms. The van der Waals surface area contributed by atoms with Crippen LogP contribution in [0.25, 0.3) is 27.5 Å². The summed E-state index contributed by atoms with van der Waals surface area (Å²) >= 11 is 0. The molecule has 5 aromatic rings. The molecule has 6 rings (SSSR count). The van der Waals surface area contributed by atoms with Gasteiger partial charge in [-0.2, -0.15) is 0 Å². The molecule has 0 radical (unpaired) electrons. The lowest BCUT2D eigenvalue weighted by Crippen LogP contribution is -2.14. The van der Waals surface area contributed by atoms with E-state index >= 15 is 0 Å². The van der Waals surface area contributed by atoms with Crippen molar-refractivity contribution in [2.75, 3.05) is 4.72 Å². The van der Waals surface area contributed by atoms with Gasteiger partial charge >= 0.3 is 0 Å². The highest BCUT2D eigenvalue weighted by atomic mass is 32.2. The number of pyridine rings is 1. The second-order valence-electron chi connectivity index (χ2n) is 9.20. The Balaban J connectivity index is 1.63. The lowest BCUT2D eigenvalue weighted by atomic mass is 10.0. The van der Waals surface area contributed by atoms with Crippen LogP contribution in [0.5, 0.6) is 0 Å². The van der Waals surface area contributed by atoms with E-state index in [1.54, 1.807) is 12.1 Å². The summed E-state index contributed by atoms with van der Waals surface area (Å²) in [6.07, 6.45) is 2.06. The summed E-state index contributed by atoms with van der Waals surface area (Å²) < 4.78 is 31.4. The molecule has 0 aliphatic heterocycles. The number of aromatic nitrogens is 2. The van der Waals surface area contributed by atoms with Gasteiger partial charge in [0.2, 0.25) is 0 Å². The Hall–Kier alpha value is -3.64. The summed E-state index contributed by atoms with van der Waals surface area (Å²) in [7, 11) is -3.77. The molecule has 170 valence electrons. The molecule has 1 saturated carbocycles. The first-order valence-corrected chi connectivity index (χ1v) is 13.0. The van der Waals surface area contributed by atoms with Gasteiger partial charge in [0.25, 0.3) is 10.0 Å². The van der Waals surface area contributed by atoms with Crippen molar-refractivity contribution in [1.82, 2.24) is 9.61 Å². The Morgan fingerprint density at radius 2 is 1.59 bits per heavy atom. The highest BCUT2D eigenvalue weighted by Gasteiger charge is 2.33. The van der Waals surface area contributed by atoms with Crippen LogP contribution in [0.2, 0.25) is 0 Å². The molecule has 0 bridgehead atoms. The van der Waals surface area contributed by atoms with Crippen molar-refractivity contribution in [2.24, 2.45) is 0 Å². The fourth-order valence-corrected chi connectivity index (χ4v) is 5.64. The van der Waals surface area contributed by atoms with Gasteiger partial charge in [-0.05, 0) is 62.3 Å². The van der Waals surface area contributed by atoms with Crippen LogP contribution < -0.4 is 4.72 Å². The Morgan fingerprint density at radius 1 is 0.882 bits per heavy atom. The number of hydrogen-bond donors (Lipinski definition) is 1. The van der Waals surface area contributed by atoms with Crippen LogP contribution in [0, 0.1) is 13.8 Å². The van der Waals surface area contributed by atoms with E-state index in [4.69, 9.17) is 5.10 Å². The lowest BCUT2D eigenvalue weighted by Gasteiger charge is -2.11. The zero-order valence-electron chi connectivity index (χ0n) is 19.1. The highest BCUT2D eigenvalue weighted by molar-refractivity contribution is 7.92. The molecule has 34 heavy (non-hydrogen) atoms. The van der Waals surface area contributed by atoms with E-state index in [1.165, 1.54) is 0 Å². The molecule has 1 N–H and O–H groups in total. The van der Waals surface area contributed by atoms with Crippen LogP contribution in [0.1, 0.15) is 35.4 Å². The topological polar surface area (TPSA) is 63.5 Å². The number of benzene rings is 3. The van der Waals surface area contributed by atoms with Crippen molar-refractivity contribution in [3.05, 3.63) is 95.6 Å². The van der Waals surface area contributed by atoms with Gasteiger partial charge in [-0.1, -0.05) is 65.7 Å². The van der Waals surface area contributed by atoms with Gasteiger partial charge in [0.15, 0.2) is 5.82 Å². The number of aryl methyl sites for hydroxylation is 2. The largest absolute Gasteiger partial charge is 0.263 e. The minimum atomic E-state index is -3.77. The molecule has 1 aliphatic rings. The average molecular weight is 468 g/mol. The molecule has 1 fully saturated rings. The minimum Gasteiger partial charge on any atom is -0.262 e. The Kier molecular flexibility index (Phi) is 4.74. The zero-order chi connectivity index (χ0) is 23.4. The Morgan fingerprint density at radius 3 is 2.29 bits per heavy atom. The number of anilines is 1. The van der Waals surface area contributed by atoms with Crippen LogP contribution in [-0.2, 0) is 10.0 Å². The highest BCUT2D eigenvalue weighted by Crippen LogP contribution is 2.48. The number of nitrogens with zero attached hydrogens (tertiary/aromatic N) is 2. The van der Waals surface area contributed by atoms with Crippen molar-refractivity contribution in [3.63, 3.8) is 0 Å². The smallest absolute Gasteiger partial charge is 0.262 e. The number of sulfonamides is 1. The number of hydrogen-bond acceptors (Lipinski definition) is 3. The molecule has 5 nitrogen and oxygen atoms in total. The van der Waals surface area contributed by atoms with Crippen molar-refractivity contribution in [2.45, 2.75) is 37.5 Å². The van der Waals surface area contributed by atoms with Gasteiger partial charge in [0.1, 0.15) is 0 Å². The molecular formula is C28H25N3O2S. The van der Waals surface area contributed by atoms with E-state index in [1.807, 2.05) is 41.8 Å². The molecule has 1 aliphatic carbocycles. The maximum absolute atomic E-state index is 13.3. The predicted molar refractivity (Wildman–Crippen MR) is 137 cm³/mol. The second-order valence-corrected chi connectivity index (χ2v) is 10.9. The zero-order valence-corrected chi connectivity index (χ0v) is 19.9. The summed E-state index contributed by atoms with van der Waals surface area (Å²) in [5, 5.41) is 7.09. The molecular weight excluding hydrogens is 442 g/mol. The fraction of sp³-hybridized carbons (Fsp3) is 0.179. The van der Waals surface area contributed by atoms with E-state index in [9.17, 15) is 8.42 Å². The second kappa shape index (κ2) is 7.71. The SMILES string of the molecule is Cc1ccc(S(=O)(=O)Nc2nn3c(-c4ccccc4)cc4ccc(C)cc4c3c2C2CC2)cc1.